The van der Waals surface area contributed by atoms with Gasteiger partial charge in [-0.25, -0.2) is 4.98 Å². The fourth-order valence-electron chi connectivity index (χ4n) is 5.24. The van der Waals surface area contributed by atoms with Gasteiger partial charge in [-0.1, -0.05) is 32.0 Å². The molecule has 6 nitrogen and oxygen atoms in total. The van der Waals surface area contributed by atoms with Crippen LogP contribution >= 0.6 is 0 Å². The Morgan fingerprint density at radius 1 is 1.09 bits per heavy atom. The van der Waals surface area contributed by atoms with Gasteiger partial charge in [0.25, 0.3) is 5.91 Å². The van der Waals surface area contributed by atoms with Gasteiger partial charge < -0.3 is 15.1 Å². The van der Waals surface area contributed by atoms with Gasteiger partial charge in [0.1, 0.15) is 5.82 Å². The maximum absolute atomic E-state index is 13.7. The van der Waals surface area contributed by atoms with Crippen LogP contribution in [0.25, 0.3) is 0 Å². The van der Waals surface area contributed by atoms with Crippen LogP contribution in [0.2, 0.25) is 0 Å². The second-order valence-corrected chi connectivity index (χ2v) is 9.77. The van der Waals surface area contributed by atoms with E-state index in [1.54, 1.807) is 17.0 Å². The third-order valence-corrected chi connectivity index (χ3v) is 7.42. The molecule has 0 radical (unpaired) electrons. The van der Waals surface area contributed by atoms with Crippen LogP contribution in [0.4, 0.5) is 19.0 Å². The first-order valence-corrected chi connectivity index (χ1v) is 12.0. The highest BCUT2D eigenvalue weighted by Gasteiger charge is 2.49. The summed E-state index contributed by atoms with van der Waals surface area (Å²) in [5.74, 6) is 0.303. The molecule has 188 valence electrons. The van der Waals surface area contributed by atoms with E-state index in [9.17, 15) is 22.8 Å². The van der Waals surface area contributed by atoms with E-state index >= 15 is 0 Å². The number of benzene rings is 1. The van der Waals surface area contributed by atoms with Crippen molar-refractivity contribution in [2.75, 3.05) is 31.1 Å². The summed E-state index contributed by atoms with van der Waals surface area (Å²) in [5.41, 5.74) is -0.694. The minimum absolute atomic E-state index is 0.0700. The molecule has 1 N–H and O–H groups in total. The Balaban J connectivity index is 1.39. The number of nitrogens with zero attached hydrogens (tertiary/aromatic N) is 3. The van der Waals surface area contributed by atoms with Crippen LogP contribution in [-0.4, -0.2) is 53.9 Å². The van der Waals surface area contributed by atoms with E-state index in [2.05, 4.69) is 10.3 Å². The summed E-state index contributed by atoms with van der Waals surface area (Å²) >= 11 is 0. The molecular formula is C26H31F3N4O2. The van der Waals surface area contributed by atoms with Crippen molar-refractivity contribution in [1.82, 2.24) is 15.2 Å². The number of halogens is 3. The van der Waals surface area contributed by atoms with Crippen molar-refractivity contribution in [3.8, 4) is 0 Å². The molecule has 2 amide bonds. The predicted molar refractivity (Wildman–Crippen MR) is 127 cm³/mol. The van der Waals surface area contributed by atoms with Crippen molar-refractivity contribution in [3.63, 3.8) is 0 Å². The summed E-state index contributed by atoms with van der Waals surface area (Å²) in [6.45, 7) is 5.77. The first-order chi connectivity index (χ1) is 16.6. The van der Waals surface area contributed by atoms with E-state index < -0.39 is 17.2 Å². The highest BCUT2D eigenvalue weighted by Crippen LogP contribution is 2.46. The quantitative estimate of drug-likeness (QED) is 0.679. The van der Waals surface area contributed by atoms with Gasteiger partial charge in [0.05, 0.1) is 11.0 Å². The number of anilines is 1. The third-order valence-electron chi connectivity index (χ3n) is 7.42. The molecular weight excluding hydrogens is 457 g/mol. The molecule has 2 atom stereocenters. The van der Waals surface area contributed by atoms with Crippen molar-refractivity contribution < 1.29 is 22.8 Å². The predicted octanol–water partition coefficient (Wildman–Crippen LogP) is 4.37. The molecule has 1 saturated heterocycles. The van der Waals surface area contributed by atoms with Crippen molar-refractivity contribution in [2.45, 2.75) is 45.3 Å². The summed E-state index contributed by atoms with van der Waals surface area (Å²) in [5, 5.41) is 3.09. The number of hydrogen-bond acceptors (Lipinski definition) is 4. The number of hydrogen-bond donors (Lipinski definition) is 1. The monoisotopic (exact) mass is 488 g/mol. The first-order valence-electron chi connectivity index (χ1n) is 12.0. The maximum atomic E-state index is 13.7. The van der Waals surface area contributed by atoms with Crippen LogP contribution in [0.15, 0.2) is 48.7 Å². The number of piperazine rings is 1. The Morgan fingerprint density at radius 3 is 2.40 bits per heavy atom. The number of nitrogens with one attached hydrogen (secondary N) is 1. The molecule has 2 heterocycles. The lowest BCUT2D eigenvalue weighted by Gasteiger charge is -2.42. The van der Waals surface area contributed by atoms with Crippen LogP contribution in [0, 0.1) is 11.3 Å². The molecule has 1 saturated carbocycles. The molecule has 1 aliphatic heterocycles. The topological polar surface area (TPSA) is 65.5 Å². The van der Waals surface area contributed by atoms with Crippen molar-refractivity contribution in [1.29, 1.82) is 0 Å². The summed E-state index contributed by atoms with van der Waals surface area (Å²) in [6.07, 6.45) is -1.24. The fourth-order valence-corrected chi connectivity index (χ4v) is 5.24. The number of aromatic nitrogens is 1. The van der Waals surface area contributed by atoms with Gasteiger partial charge in [-0.15, -0.1) is 0 Å². The molecule has 2 aromatic rings. The highest BCUT2D eigenvalue weighted by molar-refractivity contribution is 5.94. The molecule has 35 heavy (non-hydrogen) atoms. The SMILES string of the molecule is CC(C)[C@]1(C(=O)N2CCN(c3cc(C(F)(F)F)ccn3)CC2)CC[C@@H](NC(=O)c2ccccc2)C1. The molecule has 0 bridgehead atoms. The van der Waals surface area contributed by atoms with Gasteiger partial charge in [0.15, 0.2) is 0 Å². The zero-order valence-corrected chi connectivity index (χ0v) is 20.0. The van der Waals surface area contributed by atoms with E-state index in [4.69, 9.17) is 0 Å². The molecule has 1 aromatic heterocycles. The van der Waals surface area contributed by atoms with Crippen LogP contribution in [0.3, 0.4) is 0 Å². The van der Waals surface area contributed by atoms with Gasteiger partial charge in [0.2, 0.25) is 5.91 Å². The maximum Gasteiger partial charge on any atom is 0.416 e. The van der Waals surface area contributed by atoms with E-state index in [-0.39, 0.29) is 29.6 Å². The molecule has 0 unspecified atom stereocenters. The lowest BCUT2D eigenvalue weighted by atomic mass is 9.74. The number of alkyl halides is 3. The number of carbonyl (C=O) groups excluding carboxylic acids is 2. The zero-order chi connectivity index (χ0) is 25.2. The Kier molecular flexibility index (Phi) is 7.05. The van der Waals surface area contributed by atoms with Gasteiger partial charge in [-0.3, -0.25) is 9.59 Å². The minimum atomic E-state index is -4.42. The molecule has 2 aliphatic rings. The Morgan fingerprint density at radius 2 is 1.77 bits per heavy atom. The summed E-state index contributed by atoms with van der Waals surface area (Å²) in [4.78, 5) is 34.1. The lowest BCUT2D eigenvalue weighted by Crippen LogP contribution is -2.54. The van der Waals surface area contributed by atoms with Crippen LogP contribution in [0.1, 0.15) is 49.0 Å². The second kappa shape index (κ2) is 9.87. The van der Waals surface area contributed by atoms with E-state index in [1.807, 2.05) is 36.9 Å². The van der Waals surface area contributed by atoms with Gasteiger partial charge in [-0.05, 0) is 49.4 Å². The average Bonchev–Trinajstić information content (AvgIpc) is 3.29. The minimum Gasteiger partial charge on any atom is -0.353 e. The van der Waals surface area contributed by atoms with Gasteiger partial charge in [-0.2, -0.15) is 13.2 Å². The smallest absolute Gasteiger partial charge is 0.353 e. The Bertz CT molecular complexity index is 1050. The normalized spacial score (nSPS) is 23.0. The second-order valence-electron chi connectivity index (χ2n) is 9.77. The van der Waals surface area contributed by atoms with Crippen molar-refractivity contribution >= 4 is 17.6 Å². The van der Waals surface area contributed by atoms with Gasteiger partial charge >= 0.3 is 6.18 Å². The number of rotatable bonds is 5. The lowest BCUT2D eigenvalue weighted by molar-refractivity contribution is -0.145. The van der Waals surface area contributed by atoms with Crippen LogP contribution in [0.5, 0.6) is 0 Å². The molecule has 1 aromatic carbocycles. The standard InChI is InChI=1S/C26H31F3N4O2/c1-18(2)25(10-8-21(17-25)31-23(34)19-6-4-3-5-7-19)24(35)33-14-12-32(13-15-33)22-16-20(9-11-30-22)26(27,28)29/h3-7,9,11,16,18,21H,8,10,12-15,17H2,1-2H3,(H,31,34)/t21-,25+/m1/s1. The number of amides is 2. The van der Waals surface area contributed by atoms with Gasteiger partial charge in [0, 0.05) is 44.0 Å². The number of pyridine rings is 1. The summed E-state index contributed by atoms with van der Waals surface area (Å²) in [6, 6.07) is 11.0. The molecule has 0 spiro atoms. The molecule has 4 rings (SSSR count). The largest absolute Gasteiger partial charge is 0.416 e. The van der Waals surface area contributed by atoms with Crippen LogP contribution < -0.4 is 10.2 Å². The first kappa shape index (κ1) is 25.0. The summed E-state index contributed by atoms with van der Waals surface area (Å²) < 4.78 is 39.2. The molecule has 9 heteroatoms. The van der Waals surface area contributed by atoms with Crippen molar-refractivity contribution in [2.24, 2.45) is 11.3 Å². The molecule has 2 fully saturated rings. The Hall–Kier alpha value is -3.10. The zero-order valence-electron chi connectivity index (χ0n) is 20.0. The van der Waals surface area contributed by atoms with E-state index in [0.29, 0.717) is 44.6 Å². The fraction of sp³-hybridized carbons (Fsp3) is 0.500. The number of carbonyl (C=O) groups is 2. The highest BCUT2D eigenvalue weighted by atomic mass is 19.4. The third kappa shape index (κ3) is 5.28. The van der Waals surface area contributed by atoms with E-state index in [0.717, 1.165) is 18.6 Å². The molecule has 1 aliphatic carbocycles. The van der Waals surface area contributed by atoms with E-state index in [1.165, 1.54) is 6.20 Å². The average molecular weight is 489 g/mol. The van der Waals surface area contributed by atoms with Crippen molar-refractivity contribution in [3.05, 3.63) is 59.8 Å². The Labute approximate surface area is 203 Å². The van der Waals surface area contributed by atoms with Crippen LogP contribution in [-0.2, 0) is 11.0 Å². The summed E-state index contributed by atoms with van der Waals surface area (Å²) in [7, 11) is 0.